The summed E-state index contributed by atoms with van der Waals surface area (Å²) in [4.78, 5) is 22.8. The van der Waals surface area contributed by atoms with E-state index in [1.54, 1.807) is 25.4 Å². The van der Waals surface area contributed by atoms with E-state index in [9.17, 15) is 13.2 Å². The molecule has 1 unspecified atom stereocenters. The van der Waals surface area contributed by atoms with Crippen LogP contribution in [0.2, 0.25) is 0 Å². The van der Waals surface area contributed by atoms with Gasteiger partial charge in [0.15, 0.2) is 6.29 Å². The Bertz CT molecular complexity index is 1400. The lowest BCUT2D eigenvalue weighted by Crippen LogP contribution is -2.35. The average molecular weight is 594 g/mol. The molecule has 40 heavy (non-hydrogen) atoms. The molecule has 1 aliphatic heterocycles. The van der Waals surface area contributed by atoms with E-state index in [1.165, 1.54) is 16.2 Å². The molecule has 1 fully saturated rings. The van der Waals surface area contributed by atoms with E-state index in [0.29, 0.717) is 18.2 Å². The third kappa shape index (κ3) is 8.83. The first kappa shape index (κ1) is 30.1. The second-order valence-corrected chi connectivity index (χ2v) is 13.1. The van der Waals surface area contributed by atoms with E-state index in [-0.39, 0.29) is 13.2 Å². The molecular weight excluding hydrogens is 558 g/mol. The maximum Gasteiger partial charge on any atom is 0.415 e. The van der Waals surface area contributed by atoms with Crippen molar-refractivity contribution in [1.29, 1.82) is 0 Å². The highest BCUT2D eigenvalue weighted by molar-refractivity contribution is 7.85. The number of anilines is 1. The molecule has 1 aliphatic rings. The molecule has 0 saturated carbocycles. The van der Waals surface area contributed by atoms with E-state index in [4.69, 9.17) is 28.1 Å². The van der Waals surface area contributed by atoms with Crippen LogP contribution in [0.5, 0.6) is 5.75 Å². The number of carbonyl (C=O) groups is 1. The van der Waals surface area contributed by atoms with Crippen LogP contribution in [0, 0.1) is 0 Å². The Morgan fingerprint density at radius 2 is 2.00 bits per heavy atom. The number of thiazole rings is 1. The monoisotopic (exact) mass is 593 g/mol. The number of rotatable bonds is 10. The molecule has 0 spiro atoms. The van der Waals surface area contributed by atoms with E-state index in [0.717, 1.165) is 46.3 Å². The zero-order valence-corrected chi connectivity index (χ0v) is 24.9. The van der Waals surface area contributed by atoms with Gasteiger partial charge in [0, 0.05) is 25.4 Å². The number of nitrogens with zero attached hydrogens (tertiary/aromatic N) is 3. The molecule has 218 valence electrons. The van der Waals surface area contributed by atoms with Crippen molar-refractivity contribution >= 4 is 43.6 Å². The van der Waals surface area contributed by atoms with Gasteiger partial charge in [0.25, 0.3) is 10.1 Å². The maximum absolute atomic E-state index is 12.3. The van der Waals surface area contributed by atoms with E-state index in [2.05, 4.69) is 4.98 Å². The molecule has 0 bridgehead atoms. The van der Waals surface area contributed by atoms with Crippen molar-refractivity contribution in [1.82, 2.24) is 9.97 Å². The number of hydrogen-bond acceptors (Lipinski definition) is 11. The molecule has 2 atom stereocenters. The molecule has 0 aliphatic carbocycles. The van der Waals surface area contributed by atoms with Crippen LogP contribution in [-0.4, -0.2) is 75.6 Å². The largest absolute Gasteiger partial charge is 0.491 e. The number of hydrogen-bond donors (Lipinski definition) is 0. The molecule has 0 radical (unpaired) electrons. The Labute approximate surface area is 238 Å². The van der Waals surface area contributed by atoms with Crippen LogP contribution in [0.4, 0.5) is 10.6 Å². The smallest absolute Gasteiger partial charge is 0.415 e. The van der Waals surface area contributed by atoms with Gasteiger partial charge in [-0.2, -0.15) is 8.42 Å². The molecule has 3 aromatic rings. The summed E-state index contributed by atoms with van der Waals surface area (Å²) in [6, 6.07) is 9.13. The van der Waals surface area contributed by atoms with Gasteiger partial charge in [0.2, 0.25) is 0 Å². The lowest BCUT2D eigenvalue weighted by atomic mass is 10.2. The maximum atomic E-state index is 12.3. The second-order valence-electron chi connectivity index (χ2n) is 10.4. The quantitative estimate of drug-likeness (QED) is 0.297. The van der Waals surface area contributed by atoms with Gasteiger partial charge in [-0.15, -0.1) is 11.3 Å². The van der Waals surface area contributed by atoms with E-state index in [1.807, 2.05) is 39.0 Å². The Morgan fingerprint density at radius 1 is 1.20 bits per heavy atom. The summed E-state index contributed by atoms with van der Waals surface area (Å²) in [5.74, 6) is 1.05. The van der Waals surface area contributed by atoms with Crippen LogP contribution < -0.4 is 9.64 Å². The fraction of sp³-hybridized carbons (Fsp3) is 0.519. The van der Waals surface area contributed by atoms with Crippen molar-refractivity contribution in [3.05, 3.63) is 36.5 Å². The summed E-state index contributed by atoms with van der Waals surface area (Å²) in [6.07, 6.45) is 3.83. The Kier molecular flexibility index (Phi) is 9.62. The van der Waals surface area contributed by atoms with Crippen molar-refractivity contribution in [2.75, 3.05) is 38.0 Å². The summed E-state index contributed by atoms with van der Waals surface area (Å²) >= 11 is 1.48. The van der Waals surface area contributed by atoms with Crippen molar-refractivity contribution in [3.63, 3.8) is 0 Å². The van der Waals surface area contributed by atoms with Crippen molar-refractivity contribution in [3.8, 4) is 16.3 Å². The van der Waals surface area contributed by atoms with Crippen LogP contribution >= 0.6 is 11.3 Å². The van der Waals surface area contributed by atoms with Crippen molar-refractivity contribution in [2.24, 2.45) is 0 Å². The topological polar surface area (TPSA) is 126 Å². The summed E-state index contributed by atoms with van der Waals surface area (Å²) in [7, 11) is -2.02. The zero-order valence-electron chi connectivity index (χ0n) is 23.3. The average Bonchev–Trinajstić information content (AvgIpc) is 3.32. The lowest BCUT2D eigenvalue weighted by Gasteiger charge is -2.27. The summed E-state index contributed by atoms with van der Waals surface area (Å²) in [5, 5.41) is 0.767. The second kappa shape index (κ2) is 12.8. The van der Waals surface area contributed by atoms with E-state index >= 15 is 0 Å². The summed E-state index contributed by atoms with van der Waals surface area (Å²) in [5.41, 5.74) is 1.01. The van der Waals surface area contributed by atoms with Crippen molar-refractivity contribution in [2.45, 2.75) is 58.0 Å². The first-order chi connectivity index (χ1) is 18.9. The van der Waals surface area contributed by atoms with Gasteiger partial charge in [-0.05, 0) is 70.4 Å². The van der Waals surface area contributed by atoms with Gasteiger partial charge in [0.1, 0.15) is 34.9 Å². The van der Waals surface area contributed by atoms with Crippen LogP contribution in [-0.2, 0) is 28.5 Å². The normalized spacial score (nSPS) is 17.0. The predicted molar refractivity (Wildman–Crippen MR) is 152 cm³/mol. The molecule has 0 N–H and O–H groups in total. The Hall–Kier alpha value is -2.84. The fourth-order valence-corrected chi connectivity index (χ4v) is 5.18. The third-order valence-electron chi connectivity index (χ3n) is 5.75. The number of pyridine rings is 1. The molecule has 13 heteroatoms. The minimum Gasteiger partial charge on any atom is -0.491 e. The summed E-state index contributed by atoms with van der Waals surface area (Å²) in [6.45, 7) is 5.95. The third-order valence-corrected chi connectivity index (χ3v) is 7.38. The highest BCUT2D eigenvalue weighted by Gasteiger charge is 2.23. The van der Waals surface area contributed by atoms with Gasteiger partial charge in [-0.3, -0.25) is 9.08 Å². The SMILES string of the molecule is CN(C(=O)OC(C)(C)C)c1ccc(-c2nc3ccc(OCC(COS(C)(=O)=O)O[C@@H]4CCCCO4)cc3s2)cn1. The van der Waals surface area contributed by atoms with Gasteiger partial charge in [-0.1, -0.05) is 0 Å². The van der Waals surface area contributed by atoms with Crippen LogP contribution in [0.1, 0.15) is 40.0 Å². The highest BCUT2D eigenvalue weighted by Crippen LogP contribution is 2.33. The number of ether oxygens (including phenoxy) is 4. The molecule has 2 aromatic heterocycles. The fourth-order valence-electron chi connectivity index (χ4n) is 3.80. The minimum absolute atomic E-state index is 0.0864. The number of carbonyl (C=O) groups excluding carboxylic acids is 1. The van der Waals surface area contributed by atoms with Crippen molar-refractivity contribution < 1.29 is 36.3 Å². The molecule has 1 saturated heterocycles. The first-order valence-electron chi connectivity index (χ1n) is 12.9. The highest BCUT2D eigenvalue weighted by atomic mass is 32.2. The molecule has 4 rings (SSSR count). The molecule has 1 amide bonds. The number of amides is 1. The van der Waals surface area contributed by atoms with Crippen LogP contribution in [0.15, 0.2) is 36.5 Å². The molecule has 1 aromatic carbocycles. The summed E-state index contributed by atoms with van der Waals surface area (Å²) < 4.78 is 51.8. The standard InChI is InChI=1S/C27H35N3O8S2/c1-27(2,3)38-26(31)30(4)23-12-9-18(15-28-23)25-29-21-11-10-19(14-22(21)39-25)35-16-20(17-36-40(5,32)33)37-24-8-6-7-13-34-24/h9-12,14-15,20,24H,6-8,13,16-17H2,1-5H3/t20?,24-/m1/s1. The van der Waals surface area contributed by atoms with E-state index < -0.39 is 34.2 Å². The number of aromatic nitrogens is 2. The Balaban J connectivity index is 1.42. The Morgan fingerprint density at radius 3 is 2.65 bits per heavy atom. The minimum atomic E-state index is -3.63. The van der Waals surface area contributed by atoms with Crippen LogP contribution in [0.25, 0.3) is 20.8 Å². The van der Waals surface area contributed by atoms with Gasteiger partial charge >= 0.3 is 6.09 Å². The lowest BCUT2D eigenvalue weighted by molar-refractivity contribution is -0.198. The number of benzene rings is 1. The van der Waals surface area contributed by atoms with Gasteiger partial charge < -0.3 is 18.9 Å². The molecule has 11 nitrogen and oxygen atoms in total. The molecular formula is C27H35N3O8S2. The predicted octanol–water partition coefficient (Wildman–Crippen LogP) is 5.00. The van der Waals surface area contributed by atoms with Gasteiger partial charge in [-0.25, -0.2) is 14.8 Å². The first-order valence-corrected chi connectivity index (χ1v) is 15.6. The zero-order chi connectivity index (χ0) is 28.9. The number of fused-ring (bicyclic) bond motifs is 1. The molecule has 3 heterocycles. The van der Waals surface area contributed by atoms with Crippen LogP contribution in [0.3, 0.4) is 0 Å². The van der Waals surface area contributed by atoms with Gasteiger partial charge in [0.05, 0.1) is 23.1 Å².